The lowest BCUT2D eigenvalue weighted by molar-refractivity contribution is 0.229. The number of likely N-dealkylation sites (tertiary alicyclic amines) is 1. The van der Waals surface area contributed by atoms with Gasteiger partial charge >= 0.3 is 0 Å². The first-order valence-corrected chi connectivity index (χ1v) is 7.76. The molecule has 1 unspecified atom stereocenters. The Balaban J connectivity index is 2.57. The summed E-state index contributed by atoms with van der Waals surface area (Å²) in [4.78, 5) is 2.27. The molecule has 3 N–H and O–H groups in total. The molecule has 102 valence electrons. The summed E-state index contributed by atoms with van der Waals surface area (Å²) in [5.41, 5.74) is 5.73. The largest absolute Gasteiger partial charge is 0.329 e. The molecule has 1 saturated heterocycles. The molecule has 0 aliphatic carbocycles. The number of nitrogens with two attached hydrogens (primary N) is 1. The summed E-state index contributed by atoms with van der Waals surface area (Å²) in [7, 11) is 0.459. The quantitative estimate of drug-likeness (QED) is 0.610. The van der Waals surface area contributed by atoms with E-state index in [1.54, 1.807) is 7.05 Å². The van der Waals surface area contributed by atoms with Crippen molar-refractivity contribution >= 4 is 10.0 Å². The Morgan fingerprint density at radius 1 is 1.59 bits per heavy atom. The lowest BCUT2D eigenvalue weighted by Gasteiger charge is -2.28. The summed E-state index contributed by atoms with van der Waals surface area (Å²) < 4.78 is 24.4. The number of nitrogens with one attached hydrogen (secondary N) is 1. The number of hydrogen-bond acceptors (Lipinski definition) is 5. The molecule has 0 spiro atoms. The summed E-state index contributed by atoms with van der Waals surface area (Å²) in [5, 5.41) is 3.12. The van der Waals surface area contributed by atoms with Gasteiger partial charge in [-0.15, -0.1) is 0 Å². The van der Waals surface area contributed by atoms with Crippen molar-refractivity contribution in [3.05, 3.63) is 0 Å². The lowest BCUT2D eigenvalue weighted by Crippen LogP contribution is -2.47. The van der Waals surface area contributed by atoms with Gasteiger partial charge in [-0.3, -0.25) is 4.90 Å². The average Bonchev–Trinajstić information content (AvgIpc) is 2.72. The number of rotatable bonds is 6. The summed E-state index contributed by atoms with van der Waals surface area (Å²) in [6.07, 6.45) is 2.13. The highest BCUT2D eigenvalue weighted by Gasteiger charge is 2.32. The number of likely N-dealkylation sites (N-methyl/N-ethyl adjacent to an activating group) is 2. The van der Waals surface area contributed by atoms with Gasteiger partial charge < -0.3 is 11.1 Å². The predicted molar refractivity (Wildman–Crippen MR) is 69.4 cm³/mol. The van der Waals surface area contributed by atoms with Crippen LogP contribution in [0.1, 0.15) is 6.42 Å². The fourth-order valence-corrected chi connectivity index (χ4v) is 2.98. The summed E-state index contributed by atoms with van der Waals surface area (Å²) >= 11 is 0. The van der Waals surface area contributed by atoms with E-state index in [0.29, 0.717) is 6.54 Å². The van der Waals surface area contributed by atoms with Gasteiger partial charge in [-0.05, 0) is 13.5 Å². The molecule has 0 aromatic carbocycles. The minimum Gasteiger partial charge on any atom is -0.329 e. The van der Waals surface area contributed by atoms with Gasteiger partial charge in [-0.2, -0.15) is 0 Å². The van der Waals surface area contributed by atoms with E-state index in [1.807, 2.05) is 7.05 Å². The van der Waals surface area contributed by atoms with Crippen LogP contribution in [0.2, 0.25) is 0 Å². The topological polar surface area (TPSA) is 78.7 Å². The zero-order chi connectivity index (χ0) is 13.1. The second-order valence-electron chi connectivity index (χ2n) is 4.66. The second-order valence-corrected chi connectivity index (χ2v) is 6.71. The average molecular weight is 264 g/mol. The molecule has 6 nitrogen and oxygen atoms in total. The summed E-state index contributed by atoms with van der Waals surface area (Å²) in [5.74, 6) is 0. The van der Waals surface area contributed by atoms with Crippen LogP contribution in [0, 0.1) is 0 Å². The van der Waals surface area contributed by atoms with Crippen molar-refractivity contribution in [3.8, 4) is 0 Å². The fourth-order valence-electron chi connectivity index (χ4n) is 2.26. The van der Waals surface area contributed by atoms with Gasteiger partial charge in [0.25, 0.3) is 0 Å². The molecule has 1 heterocycles. The monoisotopic (exact) mass is 264 g/mol. The highest BCUT2D eigenvalue weighted by atomic mass is 32.2. The zero-order valence-electron chi connectivity index (χ0n) is 10.9. The van der Waals surface area contributed by atoms with Crippen LogP contribution in [0.3, 0.4) is 0 Å². The SMILES string of the molecule is CNCC(CN)N1CC[C@H](N(C)S(C)(=O)=O)C1. The molecule has 0 aromatic heterocycles. The lowest BCUT2D eigenvalue weighted by atomic mass is 10.2. The third-order valence-electron chi connectivity index (χ3n) is 3.46. The summed E-state index contributed by atoms with van der Waals surface area (Å²) in [6.45, 7) is 3.11. The maximum Gasteiger partial charge on any atom is 0.211 e. The molecule has 0 amide bonds. The molecule has 0 radical (unpaired) electrons. The standard InChI is InChI=1S/C10H24N4O2S/c1-12-7-10(6-11)14-5-4-9(8-14)13(2)17(3,15)16/h9-10,12H,4-8,11H2,1-3H3/t9-,10?/m0/s1. The molecule has 1 fully saturated rings. The van der Waals surface area contributed by atoms with E-state index in [1.165, 1.54) is 10.6 Å². The van der Waals surface area contributed by atoms with E-state index >= 15 is 0 Å². The highest BCUT2D eigenvalue weighted by Crippen LogP contribution is 2.18. The third-order valence-corrected chi connectivity index (χ3v) is 4.80. The van der Waals surface area contributed by atoms with E-state index in [9.17, 15) is 8.42 Å². The third kappa shape index (κ3) is 3.89. The molecule has 1 rings (SSSR count). The Labute approximate surface area is 104 Å². The zero-order valence-corrected chi connectivity index (χ0v) is 11.7. The fraction of sp³-hybridized carbons (Fsp3) is 1.00. The Hall–Kier alpha value is -0.210. The molecule has 1 aliphatic heterocycles. The van der Waals surface area contributed by atoms with Crippen molar-refractivity contribution in [2.75, 3.05) is 46.5 Å². The first-order chi connectivity index (χ1) is 7.90. The first-order valence-electron chi connectivity index (χ1n) is 5.92. The molecular weight excluding hydrogens is 240 g/mol. The molecule has 1 aliphatic rings. The van der Waals surface area contributed by atoms with Gasteiger partial charge in [0.05, 0.1) is 6.26 Å². The Bertz CT molecular complexity index is 333. The van der Waals surface area contributed by atoms with Crippen molar-refractivity contribution in [3.63, 3.8) is 0 Å². The minimum absolute atomic E-state index is 0.0795. The second kappa shape index (κ2) is 6.10. The van der Waals surface area contributed by atoms with Crippen LogP contribution in [-0.4, -0.2) is 76.2 Å². The van der Waals surface area contributed by atoms with Gasteiger partial charge in [-0.25, -0.2) is 12.7 Å². The molecule has 7 heteroatoms. The summed E-state index contributed by atoms with van der Waals surface area (Å²) in [6, 6.07) is 0.369. The van der Waals surface area contributed by atoms with Crippen molar-refractivity contribution in [1.29, 1.82) is 0 Å². The van der Waals surface area contributed by atoms with Gasteiger partial charge in [-0.1, -0.05) is 0 Å². The van der Waals surface area contributed by atoms with Crippen LogP contribution < -0.4 is 11.1 Å². The predicted octanol–water partition coefficient (Wildman–Crippen LogP) is -1.50. The van der Waals surface area contributed by atoms with E-state index in [0.717, 1.165) is 26.1 Å². The van der Waals surface area contributed by atoms with Crippen LogP contribution >= 0.6 is 0 Å². The van der Waals surface area contributed by atoms with Gasteiger partial charge in [0.2, 0.25) is 10.0 Å². The van der Waals surface area contributed by atoms with Crippen molar-refractivity contribution in [2.24, 2.45) is 5.73 Å². The van der Waals surface area contributed by atoms with Crippen molar-refractivity contribution < 1.29 is 8.42 Å². The molecule has 2 atom stereocenters. The van der Waals surface area contributed by atoms with Crippen LogP contribution in [0.4, 0.5) is 0 Å². The molecule has 17 heavy (non-hydrogen) atoms. The normalized spacial score (nSPS) is 24.4. The van der Waals surface area contributed by atoms with Crippen LogP contribution in [-0.2, 0) is 10.0 Å². The van der Waals surface area contributed by atoms with E-state index < -0.39 is 10.0 Å². The van der Waals surface area contributed by atoms with Crippen molar-refractivity contribution in [1.82, 2.24) is 14.5 Å². The van der Waals surface area contributed by atoms with Gasteiger partial charge in [0, 0.05) is 45.3 Å². The van der Waals surface area contributed by atoms with Crippen LogP contribution in [0.5, 0.6) is 0 Å². The van der Waals surface area contributed by atoms with E-state index in [2.05, 4.69) is 10.2 Å². The molecule has 0 bridgehead atoms. The Morgan fingerprint density at radius 2 is 2.24 bits per heavy atom. The minimum atomic E-state index is -3.09. The number of nitrogens with zero attached hydrogens (tertiary/aromatic N) is 2. The number of sulfonamides is 1. The maximum absolute atomic E-state index is 11.5. The van der Waals surface area contributed by atoms with E-state index in [-0.39, 0.29) is 12.1 Å². The molecule has 0 aromatic rings. The van der Waals surface area contributed by atoms with Gasteiger partial charge in [0.1, 0.15) is 0 Å². The number of hydrogen-bond donors (Lipinski definition) is 2. The molecular formula is C10H24N4O2S. The van der Waals surface area contributed by atoms with Gasteiger partial charge in [0.15, 0.2) is 0 Å². The van der Waals surface area contributed by atoms with Crippen LogP contribution in [0.15, 0.2) is 0 Å². The highest BCUT2D eigenvalue weighted by molar-refractivity contribution is 7.88. The molecule has 0 saturated carbocycles. The maximum atomic E-state index is 11.5. The smallest absolute Gasteiger partial charge is 0.211 e. The van der Waals surface area contributed by atoms with E-state index in [4.69, 9.17) is 5.73 Å². The Morgan fingerprint density at radius 3 is 2.71 bits per heavy atom. The van der Waals surface area contributed by atoms with Crippen LogP contribution in [0.25, 0.3) is 0 Å². The first kappa shape index (κ1) is 14.8. The van der Waals surface area contributed by atoms with Crippen molar-refractivity contribution in [2.45, 2.75) is 18.5 Å². The Kier molecular flexibility index (Phi) is 5.33.